The van der Waals surface area contributed by atoms with Gasteiger partial charge < -0.3 is 14.2 Å². The molecule has 0 saturated carbocycles. The summed E-state index contributed by atoms with van der Waals surface area (Å²) < 4.78 is 20.8. The van der Waals surface area contributed by atoms with Crippen LogP contribution in [0.2, 0.25) is 0 Å². The molecule has 9 nitrogen and oxygen atoms in total. The zero-order chi connectivity index (χ0) is 38.5. The molecule has 1 aromatic heterocycles. The van der Waals surface area contributed by atoms with Crippen LogP contribution in [0.15, 0.2) is 0 Å². The summed E-state index contributed by atoms with van der Waals surface area (Å²) in [5.74, 6) is 0.768. The molecule has 4 rings (SSSR count). The molecule has 4 heterocycles. The van der Waals surface area contributed by atoms with Crippen molar-refractivity contribution in [3.8, 4) is 18.0 Å². The van der Waals surface area contributed by atoms with Crippen molar-refractivity contribution in [2.45, 2.75) is 213 Å². The molecule has 0 aromatic carbocycles. The highest BCUT2D eigenvalue weighted by atomic mass is 16.5. The van der Waals surface area contributed by atoms with Crippen LogP contribution in [0.1, 0.15) is 162 Å². The van der Waals surface area contributed by atoms with Crippen molar-refractivity contribution in [2.75, 3.05) is 21.1 Å². The van der Waals surface area contributed by atoms with Gasteiger partial charge in [-0.2, -0.15) is 0 Å². The topological polar surface area (TPSA) is 76.1 Å². The van der Waals surface area contributed by atoms with Gasteiger partial charge in [-0.1, -0.05) is 62.3 Å². The van der Waals surface area contributed by atoms with E-state index in [0.29, 0.717) is 18.0 Å². The Morgan fingerprint density at radius 2 is 0.667 bits per heavy atom. The molecule has 0 bridgehead atoms. The average molecular weight is 715 g/mol. The molecular weight excluding hydrogens is 637 g/mol. The van der Waals surface area contributed by atoms with Crippen LogP contribution in [0.3, 0.4) is 0 Å². The van der Waals surface area contributed by atoms with Crippen molar-refractivity contribution in [2.24, 2.45) is 17.8 Å². The SMILES string of the molecule is CCC1(C)CC(Oc2nc(OC3CC(C)(CC)N(C)C(C)(CC)C3C)nc(OC3CC(C)(CC)N(C)C(C)(CC)C3C)n2)C(C)C(C)(CC)N1C. The molecule has 0 aliphatic carbocycles. The Morgan fingerprint density at radius 3 is 0.843 bits per heavy atom. The van der Waals surface area contributed by atoms with E-state index in [-0.39, 0.29) is 69.3 Å². The number of ether oxygens (including phenoxy) is 3. The molecule has 3 saturated heterocycles. The van der Waals surface area contributed by atoms with Crippen LogP contribution in [0.5, 0.6) is 18.0 Å². The second-order valence-electron chi connectivity index (χ2n) is 18.5. The molecule has 0 amide bonds. The summed E-state index contributed by atoms with van der Waals surface area (Å²) in [7, 11) is 6.86. The molecule has 12 atom stereocenters. The minimum absolute atomic E-state index is 0.00875. The van der Waals surface area contributed by atoms with Crippen LogP contribution in [-0.4, -0.2) is 102 Å². The van der Waals surface area contributed by atoms with E-state index in [0.717, 1.165) is 57.8 Å². The van der Waals surface area contributed by atoms with Crippen molar-refractivity contribution < 1.29 is 14.2 Å². The Bertz CT molecular complexity index is 1180. The van der Waals surface area contributed by atoms with Gasteiger partial charge >= 0.3 is 18.0 Å². The fourth-order valence-corrected chi connectivity index (χ4v) is 10.3. The lowest BCUT2D eigenvalue weighted by Crippen LogP contribution is -2.67. The van der Waals surface area contributed by atoms with Crippen molar-refractivity contribution in [1.82, 2.24) is 29.7 Å². The van der Waals surface area contributed by atoms with E-state index in [2.05, 4.69) is 140 Å². The Hall–Kier alpha value is -1.71. The van der Waals surface area contributed by atoms with Crippen LogP contribution in [0.25, 0.3) is 0 Å². The number of aromatic nitrogens is 3. The summed E-state index contributed by atoms with van der Waals surface area (Å²) in [5, 5.41) is 0. The number of nitrogens with zero attached hydrogens (tertiary/aromatic N) is 6. The van der Waals surface area contributed by atoms with Gasteiger partial charge in [-0.3, -0.25) is 14.7 Å². The van der Waals surface area contributed by atoms with E-state index in [1.165, 1.54) is 0 Å². The van der Waals surface area contributed by atoms with E-state index in [1.807, 2.05) is 0 Å². The Labute approximate surface area is 313 Å². The summed E-state index contributed by atoms with van der Waals surface area (Å²) in [6.07, 6.45) is 8.65. The van der Waals surface area contributed by atoms with Gasteiger partial charge in [-0.05, 0) is 101 Å². The molecule has 51 heavy (non-hydrogen) atoms. The summed E-state index contributed by atoms with van der Waals surface area (Å²) in [6, 6.07) is 0.924. The van der Waals surface area contributed by atoms with Gasteiger partial charge in [0.05, 0.1) is 0 Å². The molecular formula is C42H78N6O3. The maximum atomic E-state index is 6.94. The highest BCUT2D eigenvalue weighted by Gasteiger charge is 2.55. The molecule has 3 aliphatic rings. The smallest absolute Gasteiger partial charge is 0.326 e. The monoisotopic (exact) mass is 715 g/mol. The molecule has 294 valence electrons. The normalized spacial score (nSPS) is 44.4. The second-order valence-corrected chi connectivity index (χ2v) is 18.5. The second kappa shape index (κ2) is 14.8. The number of hydrogen-bond donors (Lipinski definition) is 0. The van der Waals surface area contributed by atoms with Gasteiger partial charge in [0.2, 0.25) is 0 Å². The Balaban J connectivity index is 1.78. The lowest BCUT2D eigenvalue weighted by Gasteiger charge is -2.59. The van der Waals surface area contributed by atoms with Crippen LogP contribution in [0, 0.1) is 17.8 Å². The van der Waals surface area contributed by atoms with Crippen molar-refractivity contribution in [1.29, 1.82) is 0 Å². The van der Waals surface area contributed by atoms with Gasteiger partial charge in [-0.15, -0.1) is 15.0 Å². The van der Waals surface area contributed by atoms with Crippen molar-refractivity contribution >= 4 is 0 Å². The summed E-state index contributed by atoms with van der Waals surface area (Å²) >= 11 is 0. The molecule has 0 spiro atoms. The molecule has 3 fully saturated rings. The zero-order valence-corrected chi connectivity index (χ0v) is 36.2. The predicted octanol–water partition coefficient (Wildman–Crippen LogP) is 9.04. The fraction of sp³-hybridized carbons (Fsp3) is 0.929. The molecule has 12 unspecified atom stereocenters. The third-order valence-corrected chi connectivity index (χ3v) is 17.0. The summed E-state index contributed by atoms with van der Waals surface area (Å²) in [5.41, 5.74) is -0.119. The molecule has 1 aromatic rings. The van der Waals surface area contributed by atoms with Crippen LogP contribution in [0.4, 0.5) is 0 Å². The fourth-order valence-electron chi connectivity index (χ4n) is 10.3. The molecule has 0 radical (unpaired) electrons. The van der Waals surface area contributed by atoms with Gasteiger partial charge in [0.1, 0.15) is 18.3 Å². The van der Waals surface area contributed by atoms with Crippen LogP contribution in [-0.2, 0) is 0 Å². The summed E-state index contributed by atoms with van der Waals surface area (Å²) in [6.45, 7) is 35.0. The van der Waals surface area contributed by atoms with Crippen molar-refractivity contribution in [3.05, 3.63) is 0 Å². The highest BCUT2D eigenvalue weighted by Crippen LogP contribution is 2.48. The quantitative estimate of drug-likeness (QED) is 0.211. The van der Waals surface area contributed by atoms with Crippen LogP contribution >= 0.6 is 0 Å². The maximum absolute atomic E-state index is 6.94. The Kier molecular flexibility index (Phi) is 12.2. The van der Waals surface area contributed by atoms with E-state index in [4.69, 9.17) is 29.2 Å². The van der Waals surface area contributed by atoms with Crippen molar-refractivity contribution in [3.63, 3.8) is 0 Å². The standard InChI is InChI=1S/C42H78N6O3/c1-19-37(10)25-31(28(7)40(13,22-4)46(37)16)49-34-43-35(50-32-26-38(11,20-2)47(17)41(14,23-5)29(32)8)45-36(44-34)51-33-27-39(12,21-3)48(18)42(15,24-6)30(33)9/h28-33H,19-27H2,1-18H3. The minimum Gasteiger partial charge on any atom is -0.459 e. The largest absolute Gasteiger partial charge is 0.459 e. The van der Waals surface area contributed by atoms with Crippen LogP contribution < -0.4 is 14.2 Å². The van der Waals surface area contributed by atoms with E-state index >= 15 is 0 Å². The third-order valence-electron chi connectivity index (χ3n) is 17.0. The van der Waals surface area contributed by atoms with Gasteiger partial charge in [-0.25, -0.2) is 0 Å². The lowest BCUT2D eigenvalue weighted by atomic mass is 9.68. The number of rotatable bonds is 12. The maximum Gasteiger partial charge on any atom is 0.326 e. The Morgan fingerprint density at radius 1 is 0.451 bits per heavy atom. The van der Waals surface area contributed by atoms with Gasteiger partial charge in [0, 0.05) is 70.2 Å². The first-order chi connectivity index (χ1) is 23.6. The minimum atomic E-state index is -0.0674. The average Bonchev–Trinajstić information content (AvgIpc) is 3.12. The predicted molar refractivity (Wildman–Crippen MR) is 210 cm³/mol. The number of piperidine rings is 3. The highest BCUT2D eigenvalue weighted by molar-refractivity contribution is 5.16. The molecule has 9 heteroatoms. The first-order valence-electron chi connectivity index (χ1n) is 20.6. The first kappa shape index (κ1) is 42.0. The first-order valence-corrected chi connectivity index (χ1v) is 20.6. The van der Waals surface area contributed by atoms with E-state index in [9.17, 15) is 0 Å². The number of likely N-dealkylation sites (tertiary alicyclic amines) is 3. The molecule has 3 aliphatic heterocycles. The van der Waals surface area contributed by atoms with E-state index < -0.39 is 0 Å². The van der Waals surface area contributed by atoms with Gasteiger partial charge in [0.15, 0.2) is 0 Å². The molecule has 0 N–H and O–H groups in total. The van der Waals surface area contributed by atoms with E-state index in [1.54, 1.807) is 0 Å². The van der Waals surface area contributed by atoms with Gasteiger partial charge in [0.25, 0.3) is 0 Å². The lowest BCUT2D eigenvalue weighted by molar-refractivity contribution is -0.121. The zero-order valence-electron chi connectivity index (χ0n) is 36.2. The number of hydrogen-bond acceptors (Lipinski definition) is 9. The summed E-state index contributed by atoms with van der Waals surface area (Å²) in [4.78, 5) is 22.6. The third kappa shape index (κ3) is 7.03.